The lowest BCUT2D eigenvalue weighted by Crippen LogP contribution is -2.52. The minimum absolute atomic E-state index is 0.181. The van der Waals surface area contributed by atoms with E-state index < -0.39 is 0 Å². The fourth-order valence-electron chi connectivity index (χ4n) is 4.64. The van der Waals surface area contributed by atoms with Crippen LogP contribution in [0.25, 0.3) is 16.7 Å². The number of morpholine rings is 1. The molecule has 4 heterocycles. The zero-order valence-corrected chi connectivity index (χ0v) is 21.9. The molecule has 1 aromatic carbocycles. The highest BCUT2D eigenvalue weighted by Crippen LogP contribution is 2.36. The van der Waals surface area contributed by atoms with Crippen molar-refractivity contribution < 1.29 is 9.47 Å². The first-order valence-electron chi connectivity index (χ1n) is 11.3. The van der Waals surface area contributed by atoms with E-state index in [1.54, 1.807) is 7.11 Å². The lowest BCUT2D eigenvalue weighted by molar-refractivity contribution is 0.0216. The third kappa shape index (κ3) is 4.65. The second-order valence-electron chi connectivity index (χ2n) is 8.97. The average Bonchev–Trinajstić information content (AvgIpc) is 3.23. The number of nitrogens with zero attached hydrogens (tertiary/aromatic N) is 5. The number of hydrogen-bond donors (Lipinski definition) is 1. The van der Waals surface area contributed by atoms with Gasteiger partial charge in [-0.05, 0) is 86.0 Å². The Balaban J connectivity index is 1.58. The third-order valence-electron chi connectivity index (χ3n) is 6.45. The number of piperidine rings is 1. The highest BCUT2D eigenvalue weighted by molar-refractivity contribution is 14.1. The summed E-state index contributed by atoms with van der Waals surface area (Å²) in [6, 6.07) is 6.66. The maximum Gasteiger partial charge on any atom is 0.320 e. The molecule has 2 atom stereocenters. The van der Waals surface area contributed by atoms with Crippen molar-refractivity contribution in [3.05, 3.63) is 35.0 Å². The van der Waals surface area contributed by atoms with Crippen LogP contribution >= 0.6 is 34.2 Å². The largest absolute Gasteiger partial charge is 0.467 e. The molecule has 2 unspecified atom stereocenters. The maximum absolute atomic E-state index is 6.69. The quantitative estimate of drug-likeness (QED) is 0.363. The molecule has 0 saturated carbocycles. The first-order chi connectivity index (χ1) is 15.8. The molecule has 0 spiro atoms. The van der Waals surface area contributed by atoms with Crippen LogP contribution in [0.15, 0.2) is 24.4 Å². The topological polar surface area (TPSA) is 77.3 Å². The van der Waals surface area contributed by atoms with Crippen molar-refractivity contribution in [1.82, 2.24) is 25.1 Å². The van der Waals surface area contributed by atoms with Crippen LogP contribution in [0.5, 0.6) is 6.01 Å². The molecule has 0 bridgehead atoms. The van der Waals surface area contributed by atoms with Crippen LogP contribution in [0.4, 0.5) is 5.82 Å². The van der Waals surface area contributed by atoms with Gasteiger partial charge >= 0.3 is 6.01 Å². The van der Waals surface area contributed by atoms with Gasteiger partial charge in [0.25, 0.3) is 0 Å². The van der Waals surface area contributed by atoms with Crippen LogP contribution in [-0.4, -0.2) is 62.7 Å². The summed E-state index contributed by atoms with van der Waals surface area (Å²) >= 11 is 9.03. The molecule has 2 fully saturated rings. The van der Waals surface area contributed by atoms with Crippen molar-refractivity contribution in [2.45, 2.75) is 42.3 Å². The molecule has 176 valence electrons. The number of hydrogen-bond acceptors (Lipinski definition) is 7. The third-order valence-corrected chi connectivity index (χ3v) is 7.43. The molecule has 0 radical (unpaired) electrons. The Hall–Kier alpha value is -1.69. The highest BCUT2D eigenvalue weighted by Gasteiger charge is 2.34. The second-order valence-corrected chi connectivity index (χ2v) is 11.7. The van der Waals surface area contributed by atoms with Gasteiger partial charge in [-0.2, -0.15) is 15.1 Å². The molecule has 2 saturated heterocycles. The number of methoxy groups -OCH3 is 1. The number of alkyl halides is 1. The Morgan fingerprint density at radius 2 is 1.97 bits per heavy atom. The Morgan fingerprint density at radius 1 is 1.21 bits per heavy atom. The van der Waals surface area contributed by atoms with Crippen LogP contribution in [0.3, 0.4) is 0 Å². The van der Waals surface area contributed by atoms with Crippen molar-refractivity contribution in [2.75, 3.05) is 38.3 Å². The molecule has 10 heteroatoms. The van der Waals surface area contributed by atoms with Crippen molar-refractivity contribution in [2.24, 2.45) is 0 Å². The number of halogens is 2. The monoisotopic (exact) mass is 582 g/mol. The smallest absolute Gasteiger partial charge is 0.320 e. The standard InChI is InChI=1S/C23H28ClIN6O2/c1-14-12-33-23(2,25)13-30(14)20-10-21(29-22(28-20)32-3)31-19-9-17(15-4-6-26-7-5-15)18(24)8-16(19)11-27-31/h8-11,14-15,26H,4-7,12-13H2,1-3H3. The SMILES string of the molecule is COc1nc(N2CC(C)(I)OCC2C)cc(-n2ncc3cc(Cl)c(C4CCNCC4)cc32)n1. The van der Waals surface area contributed by atoms with Crippen LogP contribution in [0.2, 0.25) is 5.02 Å². The average molecular weight is 583 g/mol. The molecular formula is C23H28ClIN6O2. The number of anilines is 1. The van der Waals surface area contributed by atoms with Crippen LogP contribution < -0.4 is 15.0 Å². The summed E-state index contributed by atoms with van der Waals surface area (Å²) in [7, 11) is 1.59. The summed E-state index contributed by atoms with van der Waals surface area (Å²) in [5.41, 5.74) is 2.16. The first-order valence-corrected chi connectivity index (χ1v) is 12.7. The number of benzene rings is 1. The summed E-state index contributed by atoms with van der Waals surface area (Å²) < 4.78 is 13.0. The van der Waals surface area contributed by atoms with Crippen LogP contribution in [0.1, 0.15) is 38.2 Å². The summed E-state index contributed by atoms with van der Waals surface area (Å²) in [6.45, 7) is 7.58. The minimum atomic E-state index is -0.290. The summed E-state index contributed by atoms with van der Waals surface area (Å²) in [4.78, 5) is 11.5. The Kier molecular flexibility index (Phi) is 6.41. The molecule has 8 nitrogen and oxygen atoms in total. The molecule has 0 aliphatic carbocycles. The van der Waals surface area contributed by atoms with E-state index in [4.69, 9.17) is 21.1 Å². The van der Waals surface area contributed by atoms with Gasteiger partial charge in [-0.15, -0.1) is 0 Å². The lowest BCUT2D eigenvalue weighted by Gasteiger charge is -2.42. The van der Waals surface area contributed by atoms with E-state index in [2.05, 4.69) is 67.8 Å². The van der Waals surface area contributed by atoms with Crippen molar-refractivity contribution >= 4 is 50.9 Å². The van der Waals surface area contributed by atoms with Gasteiger partial charge < -0.3 is 19.7 Å². The number of rotatable bonds is 4. The van der Waals surface area contributed by atoms with E-state index in [-0.39, 0.29) is 9.65 Å². The fourth-order valence-corrected chi connectivity index (χ4v) is 5.51. The van der Waals surface area contributed by atoms with Gasteiger partial charge in [-0.1, -0.05) is 11.6 Å². The van der Waals surface area contributed by atoms with Gasteiger partial charge in [0.1, 0.15) is 9.43 Å². The molecule has 5 rings (SSSR count). The van der Waals surface area contributed by atoms with E-state index in [1.165, 1.54) is 5.56 Å². The zero-order valence-electron chi connectivity index (χ0n) is 19.0. The van der Waals surface area contributed by atoms with Gasteiger partial charge in [0.15, 0.2) is 5.82 Å². The molecular weight excluding hydrogens is 555 g/mol. The minimum Gasteiger partial charge on any atom is -0.467 e. The molecule has 0 amide bonds. The van der Waals surface area contributed by atoms with E-state index in [9.17, 15) is 0 Å². The Morgan fingerprint density at radius 3 is 2.73 bits per heavy atom. The number of nitrogens with one attached hydrogen (secondary N) is 1. The zero-order chi connectivity index (χ0) is 23.2. The van der Waals surface area contributed by atoms with E-state index in [0.29, 0.717) is 30.9 Å². The summed E-state index contributed by atoms with van der Waals surface area (Å²) in [5, 5.41) is 9.87. The lowest BCUT2D eigenvalue weighted by atomic mass is 9.90. The van der Waals surface area contributed by atoms with Crippen molar-refractivity contribution in [3.8, 4) is 11.8 Å². The van der Waals surface area contributed by atoms with Gasteiger partial charge in [-0.3, -0.25) is 0 Å². The van der Waals surface area contributed by atoms with Gasteiger partial charge in [-0.25, -0.2) is 4.68 Å². The molecule has 2 aliphatic rings. The maximum atomic E-state index is 6.69. The van der Waals surface area contributed by atoms with Crippen molar-refractivity contribution in [3.63, 3.8) is 0 Å². The predicted octanol–water partition coefficient (Wildman–Crippen LogP) is 4.32. The molecule has 2 aromatic heterocycles. The molecule has 3 aromatic rings. The van der Waals surface area contributed by atoms with E-state index in [1.807, 2.05) is 23.0 Å². The number of fused-ring (bicyclic) bond motifs is 1. The van der Waals surface area contributed by atoms with Crippen LogP contribution in [-0.2, 0) is 4.74 Å². The Labute approximate surface area is 212 Å². The number of ether oxygens (including phenoxy) is 2. The summed E-state index contributed by atoms with van der Waals surface area (Å²) in [6.07, 6.45) is 3.99. The highest BCUT2D eigenvalue weighted by atomic mass is 127. The van der Waals surface area contributed by atoms with E-state index >= 15 is 0 Å². The number of aromatic nitrogens is 4. The van der Waals surface area contributed by atoms with Crippen molar-refractivity contribution in [1.29, 1.82) is 0 Å². The fraction of sp³-hybridized carbons (Fsp3) is 0.522. The predicted molar refractivity (Wildman–Crippen MR) is 138 cm³/mol. The van der Waals surface area contributed by atoms with Gasteiger partial charge in [0.05, 0.1) is 38.0 Å². The second kappa shape index (κ2) is 9.16. The van der Waals surface area contributed by atoms with E-state index in [0.717, 1.165) is 47.7 Å². The van der Waals surface area contributed by atoms with Gasteiger partial charge in [0, 0.05) is 16.5 Å². The Bertz CT molecular complexity index is 1160. The molecule has 2 aliphatic heterocycles. The molecule has 33 heavy (non-hydrogen) atoms. The normalized spacial score (nSPS) is 24.4. The van der Waals surface area contributed by atoms with Crippen LogP contribution in [0, 0.1) is 0 Å². The first kappa shape index (κ1) is 23.1. The van der Waals surface area contributed by atoms with Gasteiger partial charge in [0.2, 0.25) is 0 Å². The summed E-state index contributed by atoms with van der Waals surface area (Å²) in [5.74, 6) is 1.91. The molecule has 1 N–H and O–H groups in total.